The van der Waals surface area contributed by atoms with Gasteiger partial charge in [-0.15, -0.1) is 0 Å². The zero-order valence-electron chi connectivity index (χ0n) is 18.9. The third-order valence-corrected chi connectivity index (χ3v) is 7.58. The molecule has 10 heteroatoms. The minimum atomic E-state index is -4.22. The molecule has 0 saturated carbocycles. The van der Waals surface area contributed by atoms with Crippen LogP contribution in [-0.2, 0) is 14.8 Å². The molecule has 1 atom stereocenters. The molecule has 1 saturated heterocycles. The van der Waals surface area contributed by atoms with Crippen LogP contribution in [0, 0.1) is 5.82 Å². The van der Waals surface area contributed by atoms with Crippen LogP contribution in [-0.4, -0.2) is 32.5 Å². The Hall–Kier alpha value is -3.47. The maximum Gasteiger partial charge on any atom is 0.243 e. The molecular weight excluding hydrogens is 473 g/mol. The van der Waals surface area contributed by atoms with E-state index in [0.29, 0.717) is 22.1 Å². The highest BCUT2D eigenvalue weighted by molar-refractivity contribution is 7.89. The predicted octanol–water partition coefficient (Wildman–Crippen LogP) is 4.25. The van der Waals surface area contributed by atoms with Crippen LogP contribution in [0.15, 0.2) is 63.9 Å². The molecule has 5 rings (SSSR count). The summed E-state index contributed by atoms with van der Waals surface area (Å²) in [6.07, 6.45) is -0.429. The van der Waals surface area contributed by atoms with Crippen molar-refractivity contribution < 1.29 is 27.1 Å². The van der Waals surface area contributed by atoms with Crippen LogP contribution in [0.4, 0.5) is 15.8 Å². The number of halogens is 1. The van der Waals surface area contributed by atoms with Gasteiger partial charge < -0.3 is 19.7 Å². The van der Waals surface area contributed by atoms with Gasteiger partial charge in [0.2, 0.25) is 15.9 Å². The molecule has 1 fully saturated rings. The van der Waals surface area contributed by atoms with E-state index in [2.05, 4.69) is 10.0 Å². The molecule has 8 nitrogen and oxygen atoms in total. The van der Waals surface area contributed by atoms with Gasteiger partial charge in [-0.3, -0.25) is 4.79 Å². The zero-order valence-corrected chi connectivity index (χ0v) is 19.7. The van der Waals surface area contributed by atoms with E-state index >= 15 is 0 Å². The first-order valence-corrected chi connectivity index (χ1v) is 12.7. The molecule has 0 radical (unpaired) electrons. The van der Waals surface area contributed by atoms with Crippen LogP contribution in [0.25, 0.3) is 21.7 Å². The standard InChI is InChI=1S/C25H24FN3O5S/c1-2-24(30)27-20-8-3-7-17-16(20)6-4-9-23(17)35(32,33)28-25(31)22-14-18-19(26)12-15(13-21(18)34-22)29-10-5-11-29/h3-4,6-9,12-14,25,28,31H,2,5,10-11H2,1H3,(H,27,30). The van der Waals surface area contributed by atoms with Gasteiger partial charge in [0, 0.05) is 47.7 Å². The molecule has 3 N–H and O–H groups in total. The first kappa shape index (κ1) is 23.3. The van der Waals surface area contributed by atoms with E-state index in [1.165, 1.54) is 18.2 Å². The average molecular weight is 498 g/mol. The summed E-state index contributed by atoms with van der Waals surface area (Å²) < 4.78 is 48.9. The van der Waals surface area contributed by atoms with E-state index in [9.17, 15) is 22.7 Å². The molecule has 1 unspecified atom stereocenters. The van der Waals surface area contributed by atoms with Crippen molar-refractivity contribution in [2.45, 2.75) is 30.9 Å². The van der Waals surface area contributed by atoms with E-state index < -0.39 is 22.1 Å². The van der Waals surface area contributed by atoms with Crippen molar-refractivity contribution in [2.24, 2.45) is 0 Å². The lowest BCUT2D eigenvalue weighted by Crippen LogP contribution is -2.36. The van der Waals surface area contributed by atoms with Crippen LogP contribution in [0.3, 0.4) is 0 Å². The third-order valence-electron chi connectivity index (χ3n) is 6.12. The highest BCUT2D eigenvalue weighted by Gasteiger charge is 2.26. The van der Waals surface area contributed by atoms with Crippen molar-refractivity contribution in [2.75, 3.05) is 23.3 Å². The first-order valence-electron chi connectivity index (χ1n) is 11.3. The summed E-state index contributed by atoms with van der Waals surface area (Å²) in [4.78, 5) is 13.8. The Morgan fingerprint density at radius 1 is 1.11 bits per heavy atom. The van der Waals surface area contributed by atoms with E-state index in [1.807, 2.05) is 4.90 Å². The molecule has 1 amide bonds. The molecule has 2 heterocycles. The molecule has 182 valence electrons. The van der Waals surface area contributed by atoms with E-state index in [-0.39, 0.29) is 34.0 Å². The Balaban J connectivity index is 1.46. The molecule has 1 aromatic heterocycles. The smallest absolute Gasteiger partial charge is 0.243 e. The number of amides is 1. The maximum atomic E-state index is 14.6. The van der Waals surface area contributed by atoms with E-state index in [0.717, 1.165) is 19.5 Å². The number of hydrogen-bond acceptors (Lipinski definition) is 6. The molecule has 0 aliphatic carbocycles. The number of fused-ring (bicyclic) bond motifs is 2. The number of aliphatic hydroxyl groups excluding tert-OH is 1. The lowest BCUT2D eigenvalue weighted by atomic mass is 10.1. The summed E-state index contributed by atoms with van der Waals surface area (Å²) in [6.45, 7) is 3.38. The number of benzene rings is 3. The quantitative estimate of drug-likeness (QED) is 0.329. The van der Waals surface area contributed by atoms with Crippen molar-refractivity contribution in [3.05, 3.63) is 66.2 Å². The van der Waals surface area contributed by atoms with Gasteiger partial charge in [0.15, 0.2) is 6.23 Å². The second-order valence-corrected chi connectivity index (χ2v) is 10.1. The van der Waals surface area contributed by atoms with Crippen LogP contribution in [0.1, 0.15) is 31.8 Å². The van der Waals surface area contributed by atoms with Crippen LogP contribution in [0.2, 0.25) is 0 Å². The number of nitrogens with one attached hydrogen (secondary N) is 2. The fourth-order valence-corrected chi connectivity index (χ4v) is 5.39. The SMILES string of the molecule is CCC(=O)Nc1cccc2c(S(=O)(=O)NC(O)c3cc4c(F)cc(N5CCC5)cc4o3)cccc12. The molecule has 0 bridgehead atoms. The van der Waals surface area contributed by atoms with Crippen molar-refractivity contribution in [1.29, 1.82) is 0 Å². The molecule has 35 heavy (non-hydrogen) atoms. The van der Waals surface area contributed by atoms with Crippen molar-refractivity contribution in [1.82, 2.24) is 4.72 Å². The highest BCUT2D eigenvalue weighted by Crippen LogP contribution is 2.33. The number of rotatable bonds is 7. The topological polar surface area (TPSA) is 112 Å². The van der Waals surface area contributed by atoms with Gasteiger partial charge in [0.25, 0.3) is 0 Å². The van der Waals surface area contributed by atoms with Gasteiger partial charge >= 0.3 is 0 Å². The van der Waals surface area contributed by atoms with Gasteiger partial charge in [-0.25, -0.2) is 12.8 Å². The summed E-state index contributed by atoms with van der Waals surface area (Å²) in [5, 5.41) is 14.5. The summed E-state index contributed by atoms with van der Waals surface area (Å²) >= 11 is 0. The molecule has 1 aliphatic rings. The Morgan fingerprint density at radius 3 is 2.57 bits per heavy atom. The van der Waals surface area contributed by atoms with Crippen LogP contribution in [0.5, 0.6) is 0 Å². The summed E-state index contributed by atoms with van der Waals surface area (Å²) in [6, 6.07) is 14.0. The monoisotopic (exact) mass is 497 g/mol. The first-order chi connectivity index (χ1) is 16.8. The number of sulfonamides is 1. The molecule has 3 aromatic carbocycles. The maximum absolute atomic E-state index is 14.6. The molecular formula is C25H24FN3O5S. The average Bonchev–Trinajstić information content (AvgIpc) is 3.22. The molecule has 1 aliphatic heterocycles. The Labute approximate surface area is 201 Å². The zero-order chi connectivity index (χ0) is 24.7. The molecule has 4 aromatic rings. The third kappa shape index (κ3) is 4.36. The number of hydrogen-bond donors (Lipinski definition) is 3. The van der Waals surface area contributed by atoms with E-state index in [1.54, 1.807) is 43.3 Å². The Morgan fingerprint density at radius 2 is 1.86 bits per heavy atom. The minimum absolute atomic E-state index is 0.0796. The van der Waals surface area contributed by atoms with Crippen LogP contribution >= 0.6 is 0 Å². The van der Waals surface area contributed by atoms with Gasteiger partial charge in [0.05, 0.1) is 10.3 Å². The van der Waals surface area contributed by atoms with Gasteiger partial charge in [-0.1, -0.05) is 31.2 Å². The fraction of sp³-hybridized carbons (Fsp3) is 0.240. The molecule has 0 spiro atoms. The van der Waals surface area contributed by atoms with Crippen molar-refractivity contribution >= 4 is 49.0 Å². The summed E-state index contributed by atoms with van der Waals surface area (Å²) in [5.74, 6) is -0.835. The Bertz CT molecular complexity index is 1550. The number of anilines is 2. The number of aliphatic hydroxyl groups is 1. The second-order valence-electron chi connectivity index (χ2n) is 8.41. The lowest BCUT2D eigenvalue weighted by Gasteiger charge is -2.33. The van der Waals surface area contributed by atoms with Gasteiger partial charge in [-0.2, -0.15) is 4.72 Å². The van der Waals surface area contributed by atoms with E-state index in [4.69, 9.17) is 4.42 Å². The fourth-order valence-electron chi connectivity index (χ4n) is 4.13. The number of carbonyl (C=O) groups is 1. The second kappa shape index (κ2) is 8.95. The minimum Gasteiger partial charge on any atom is -0.457 e. The normalized spacial score (nSPS) is 14.8. The van der Waals surface area contributed by atoms with Gasteiger partial charge in [0.1, 0.15) is 17.2 Å². The van der Waals surface area contributed by atoms with Gasteiger partial charge in [-0.05, 0) is 30.7 Å². The lowest BCUT2D eigenvalue weighted by molar-refractivity contribution is -0.115. The highest BCUT2D eigenvalue weighted by atomic mass is 32.2. The largest absolute Gasteiger partial charge is 0.457 e. The summed E-state index contributed by atoms with van der Waals surface area (Å²) in [5.41, 5.74) is 1.39. The predicted molar refractivity (Wildman–Crippen MR) is 131 cm³/mol. The number of furan rings is 1. The number of nitrogens with zero attached hydrogens (tertiary/aromatic N) is 1. The van der Waals surface area contributed by atoms with Crippen molar-refractivity contribution in [3.8, 4) is 0 Å². The number of carbonyl (C=O) groups excluding carboxylic acids is 1. The van der Waals surface area contributed by atoms with Crippen LogP contribution < -0.4 is 14.9 Å². The summed E-state index contributed by atoms with van der Waals surface area (Å²) in [7, 11) is -4.22. The Kier molecular flexibility index (Phi) is 5.96. The van der Waals surface area contributed by atoms with Crippen molar-refractivity contribution in [3.63, 3.8) is 0 Å².